The van der Waals surface area contributed by atoms with Crippen molar-refractivity contribution in [1.29, 1.82) is 0 Å². The molecule has 2 fully saturated rings. The average Bonchev–Trinajstić information content (AvgIpc) is 3.31. The fourth-order valence-electron chi connectivity index (χ4n) is 4.45. The number of benzene rings is 3. The topological polar surface area (TPSA) is 79.3 Å². The highest BCUT2D eigenvalue weighted by Gasteiger charge is 2.60. The van der Waals surface area contributed by atoms with Crippen LogP contribution >= 0.6 is 0 Å². The minimum Gasteiger partial charge on any atom is -0.504 e. The number of carbonyl (C=O) groups is 2. The Labute approximate surface area is 185 Å². The number of ether oxygens (including phenoxy) is 1. The summed E-state index contributed by atoms with van der Waals surface area (Å²) in [5.41, 5.74) is 2.91. The van der Waals surface area contributed by atoms with Crippen LogP contribution < -0.4 is 14.7 Å². The number of imide groups is 1. The number of hydrogen-bond donors (Lipinski definition) is 1. The lowest BCUT2D eigenvalue weighted by Crippen LogP contribution is -2.37. The minimum absolute atomic E-state index is 0.00631. The van der Waals surface area contributed by atoms with E-state index in [0.29, 0.717) is 11.3 Å². The van der Waals surface area contributed by atoms with Gasteiger partial charge in [0.25, 0.3) is 5.91 Å². The zero-order valence-corrected chi connectivity index (χ0v) is 17.6. The van der Waals surface area contributed by atoms with E-state index in [1.54, 1.807) is 23.3 Å². The molecule has 0 unspecified atom stereocenters. The van der Waals surface area contributed by atoms with Gasteiger partial charge in [-0.25, -0.2) is 9.96 Å². The largest absolute Gasteiger partial charge is 0.504 e. The summed E-state index contributed by atoms with van der Waals surface area (Å²) in [5, 5.41) is 11.7. The maximum Gasteiger partial charge on any atom is 0.266 e. The Morgan fingerprint density at radius 2 is 1.66 bits per heavy atom. The first-order valence-corrected chi connectivity index (χ1v) is 10.3. The zero-order chi connectivity index (χ0) is 22.4. The highest BCUT2D eigenvalue weighted by Crippen LogP contribution is 2.48. The van der Waals surface area contributed by atoms with E-state index in [-0.39, 0.29) is 23.3 Å². The third-order valence-corrected chi connectivity index (χ3v) is 5.93. The van der Waals surface area contributed by atoms with Crippen molar-refractivity contribution in [2.45, 2.75) is 19.1 Å². The third kappa shape index (κ3) is 3.09. The van der Waals surface area contributed by atoms with E-state index >= 15 is 0 Å². The van der Waals surface area contributed by atoms with E-state index in [0.717, 1.165) is 11.3 Å². The number of fused-ring (bicyclic) bond motifs is 1. The molecule has 2 saturated heterocycles. The fraction of sp³-hybridized carbons (Fsp3) is 0.200. The summed E-state index contributed by atoms with van der Waals surface area (Å²) in [6.07, 6.45) is -0.951. The van der Waals surface area contributed by atoms with Crippen molar-refractivity contribution in [3.63, 3.8) is 0 Å². The molecule has 0 spiro atoms. The predicted octanol–water partition coefficient (Wildman–Crippen LogP) is 3.76. The van der Waals surface area contributed by atoms with Crippen LogP contribution in [-0.2, 0) is 14.4 Å². The van der Waals surface area contributed by atoms with Crippen molar-refractivity contribution >= 4 is 23.2 Å². The van der Waals surface area contributed by atoms with Gasteiger partial charge >= 0.3 is 0 Å². The lowest BCUT2D eigenvalue weighted by Gasteiger charge is -2.29. The SMILES string of the molecule is COc1cc([C@H]2[C@@H]3C(=O)N(c4cccc(C)c4)C(=O)[C@H]3ON2c2ccccc2)ccc1O. The van der Waals surface area contributed by atoms with E-state index in [4.69, 9.17) is 9.57 Å². The number of carbonyl (C=O) groups excluding carboxylic acids is 2. The molecule has 5 rings (SSSR count). The van der Waals surface area contributed by atoms with Gasteiger partial charge in [-0.15, -0.1) is 0 Å². The van der Waals surface area contributed by atoms with Crippen LogP contribution in [0.2, 0.25) is 0 Å². The summed E-state index contributed by atoms with van der Waals surface area (Å²) in [4.78, 5) is 34.3. The number of hydroxylamine groups is 1. The maximum absolute atomic E-state index is 13.6. The van der Waals surface area contributed by atoms with Crippen molar-refractivity contribution in [1.82, 2.24) is 0 Å². The van der Waals surface area contributed by atoms with Gasteiger partial charge in [-0.05, 0) is 54.4 Å². The summed E-state index contributed by atoms with van der Waals surface area (Å²) in [5.74, 6) is -1.18. The Morgan fingerprint density at radius 1 is 0.906 bits per heavy atom. The van der Waals surface area contributed by atoms with Gasteiger partial charge in [0, 0.05) is 0 Å². The molecule has 2 amide bonds. The average molecular weight is 430 g/mol. The van der Waals surface area contributed by atoms with Crippen molar-refractivity contribution < 1.29 is 24.3 Å². The van der Waals surface area contributed by atoms with Crippen LogP contribution in [0.5, 0.6) is 11.5 Å². The van der Waals surface area contributed by atoms with Crippen molar-refractivity contribution in [2.24, 2.45) is 5.92 Å². The molecule has 0 bridgehead atoms. The number of methoxy groups -OCH3 is 1. The number of para-hydroxylation sites is 1. The van der Waals surface area contributed by atoms with Crippen LogP contribution in [-0.4, -0.2) is 30.1 Å². The predicted molar refractivity (Wildman–Crippen MR) is 118 cm³/mol. The van der Waals surface area contributed by atoms with Crippen LogP contribution in [0.15, 0.2) is 72.8 Å². The van der Waals surface area contributed by atoms with E-state index in [9.17, 15) is 14.7 Å². The van der Waals surface area contributed by atoms with E-state index in [1.165, 1.54) is 18.1 Å². The molecule has 7 heteroatoms. The van der Waals surface area contributed by atoms with E-state index < -0.39 is 18.1 Å². The number of anilines is 2. The molecule has 1 N–H and O–H groups in total. The Hall–Kier alpha value is -3.84. The summed E-state index contributed by atoms with van der Waals surface area (Å²) in [6, 6.07) is 21.0. The molecule has 0 aromatic heterocycles. The van der Waals surface area contributed by atoms with Gasteiger partial charge in [0.1, 0.15) is 5.92 Å². The highest BCUT2D eigenvalue weighted by molar-refractivity contribution is 6.24. The number of phenolic OH excluding ortho intramolecular Hbond substituents is 1. The number of nitrogens with zero attached hydrogens (tertiary/aromatic N) is 2. The molecule has 2 aliphatic heterocycles. The molecular weight excluding hydrogens is 408 g/mol. The monoisotopic (exact) mass is 430 g/mol. The number of aryl methyl sites for hydroxylation is 1. The molecule has 3 aromatic rings. The Kier molecular flexibility index (Phi) is 4.83. The minimum atomic E-state index is -0.951. The molecular formula is C25H22N2O5. The van der Waals surface area contributed by atoms with Crippen LogP contribution in [0, 0.1) is 12.8 Å². The zero-order valence-electron chi connectivity index (χ0n) is 17.6. The number of phenols is 1. The van der Waals surface area contributed by atoms with Crippen molar-refractivity contribution in [3.8, 4) is 11.5 Å². The van der Waals surface area contributed by atoms with Crippen molar-refractivity contribution in [3.05, 3.63) is 83.9 Å². The second-order valence-electron chi connectivity index (χ2n) is 7.94. The molecule has 162 valence electrons. The molecule has 32 heavy (non-hydrogen) atoms. The molecule has 2 heterocycles. The van der Waals surface area contributed by atoms with Crippen LogP contribution in [0.25, 0.3) is 0 Å². The van der Waals surface area contributed by atoms with Crippen LogP contribution in [0.3, 0.4) is 0 Å². The molecule has 7 nitrogen and oxygen atoms in total. The number of hydrogen-bond acceptors (Lipinski definition) is 6. The molecule has 3 aromatic carbocycles. The molecule has 0 radical (unpaired) electrons. The summed E-state index contributed by atoms with van der Waals surface area (Å²) >= 11 is 0. The van der Waals surface area contributed by atoms with Crippen molar-refractivity contribution in [2.75, 3.05) is 17.1 Å². The molecule has 3 atom stereocenters. The fourth-order valence-corrected chi connectivity index (χ4v) is 4.45. The molecule has 2 aliphatic rings. The second-order valence-corrected chi connectivity index (χ2v) is 7.94. The lowest BCUT2D eigenvalue weighted by atomic mass is 9.90. The van der Waals surface area contributed by atoms with Gasteiger partial charge in [0.15, 0.2) is 17.6 Å². The van der Waals surface area contributed by atoms with Crippen LogP contribution in [0.1, 0.15) is 17.2 Å². The Morgan fingerprint density at radius 3 is 2.38 bits per heavy atom. The number of aromatic hydroxyl groups is 1. The normalized spacial score (nSPS) is 22.4. The van der Waals surface area contributed by atoms with Crippen LogP contribution in [0.4, 0.5) is 11.4 Å². The summed E-state index contributed by atoms with van der Waals surface area (Å²) in [7, 11) is 1.46. The molecule has 0 aliphatic carbocycles. The maximum atomic E-state index is 13.6. The van der Waals surface area contributed by atoms with Gasteiger partial charge in [-0.3, -0.25) is 14.4 Å². The first-order valence-electron chi connectivity index (χ1n) is 10.3. The van der Waals surface area contributed by atoms with E-state index in [1.807, 2.05) is 55.5 Å². The quantitative estimate of drug-likeness (QED) is 0.635. The highest BCUT2D eigenvalue weighted by atomic mass is 16.7. The second kappa shape index (κ2) is 7.69. The Balaban J connectivity index is 1.61. The van der Waals surface area contributed by atoms with Gasteiger partial charge in [0.2, 0.25) is 5.91 Å². The smallest absolute Gasteiger partial charge is 0.266 e. The van der Waals surface area contributed by atoms with Gasteiger partial charge in [-0.1, -0.05) is 36.4 Å². The van der Waals surface area contributed by atoms with Gasteiger partial charge < -0.3 is 9.84 Å². The first kappa shape index (κ1) is 20.1. The summed E-state index contributed by atoms with van der Waals surface area (Å²) < 4.78 is 5.28. The molecule has 0 saturated carbocycles. The lowest BCUT2D eigenvalue weighted by molar-refractivity contribution is -0.126. The van der Waals surface area contributed by atoms with Gasteiger partial charge in [0.05, 0.1) is 24.5 Å². The number of rotatable bonds is 4. The number of amides is 2. The third-order valence-electron chi connectivity index (χ3n) is 5.93. The standard InChI is InChI=1S/C25H22N2O5/c1-15-7-6-10-18(13-15)26-24(29)21-22(16-11-12-19(28)20(14-16)31-2)27(32-23(21)25(26)30)17-8-4-3-5-9-17/h3-14,21-23,28H,1-2H3/t21-,22-,23-/m0/s1. The Bertz CT molecular complexity index is 1200. The van der Waals surface area contributed by atoms with E-state index in [2.05, 4.69) is 0 Å². The van der Waals surface area contributed by atoms with Gasteiger partial charge in [-0.2, -0.15) is 0 Å². The first-order chi connectivity index (χ1) is 15.5. The summed E-state index contributed by atoms with van der Waals surface area (Å²) in [6.45, 7) is 1.91.